The Kier molecular flexibility index (Phi) is 4.33. The predicted octanol–water partition coefficient (Wildman–Crippen LogP) is 5.73. The van der Waals surface area contributed by atoms with Crippen LogP contribution < -0.4 is 0 Å². The van der Waals surface area contributed by atoms with Gasteiger partial charge in [0.15, 0.2) is 0 Å². The molecular formula is C19H28O. The summed E-state index contributed by atoms with van der Waals surface area (Å²) in [5, 5.41) is 10.2. The molecule has 1 aromatic rings. The van der Waals surface area contributed by atoms with E-state index < -0.39 is 0 Å². The smallest absolute Gasteiger partial charge is 0.119 e. The van der Waals surface area contributed by atoms with E-state index >= 15 is 0 Å². The summed E-state index contributed by atoms with van der Waals surface area (Å²) < 4.78 is 0. The molecule has 2 fully saturated rings. The van der Waals surface area contributed by atoms with E-state index in [2.05, 4.69) is 19.1 Å². The Bertz CT molecular complexity index is 445. The van der Waals surface area contributed by atoms with Gasteiger partial charge < -0.3 is 5.11 Å². The number of benzene rings is 1. The lowest BCUT2D eigenvalue weighted by Crippen LogP contribution is -2.12. The van der Waals surface area contributed by atoms with Gasteiger partial charge in [-0.2, -0.15) is 0 Å². The van der Waals surface area contributed by atoms with Gasteiger partial charge in [-0.15, -0.1) is 0 Å². The molecule has 0 heterocycles. The van der Waals surface area contributed by atoms with Crippen LogP contribution in [-0.4, -0.2) is 5.11 Å². The van der Waals surface area contributed by atoms with Gasteiger partial charge in [0.1, 0.15) is 5.75 Å². The van der Waals surface area contributed by atoms with Gasteiger partial charge in [-0.05, 0) is 60.6 Å². The number of rotatable bonds is 2. The molecule has 110 valence electrons. The number of hydrogen-bond acceptors (Lipinski definition) is 1. The van der Waals surface area contributed by atoms with Crippen molar-refractivity contribution in [3.05, 3.63) is 29.3 Å². The third kappa shape index (κ3) is 3.02. The highest BCUT2D eigenvalue weighted by Gasteiger charge is 2.23. The highest BCUT2D eigenvalue weighted by Crippen LogP contribution is 2.41. The van der Waals surface area contributed by atoms with Gasteiger partial charge in [0.2, 0.25) is 0 Å². The van der Waals surface area contributed by atoms with E-state index in [-0.39, 0.29) is 0 Å². The maximum atomic E-state index is 10.2. The monoisotopic (exact) mass is 272 g/mol. The second kappa shape index (κ2) is 6.20. The number of aromatic hydroxyl groups is 1. The average molecular weight is 272 g/mol. The zero-order chi connectivity index (χ0) is 13.9. The number of phenolic OH excluding ortho intramolecular Hbond substituents is 1. The predicted molar refractivity (Wildman–Crippen MR) is 84.3 cm³/mol. The molecule has 0 aromatic heterocycles. The van der Waals surface area contributed by atoms with Gasteiger partial charge in [0, 0.05) is 0 Å². The molecular weight excluding hydrogens is 244 g/mol. The van der Waals surface area contributed by atoms with Crippen LogP contribution in [0, 0.1) is 5.92 Å². The minimum absolute atomic E-state index is 0.532. The molecule has 3 rings (SSSR count). The minimum Gasteiger partial charge on any atom is -0.508 e. The van der Waals surface area contributed by atoms with Gasteiger partial charge in [-0.1, -0.05) is 51.2 Å². The highest BCUT2D eigenvalue weighted by atomic mass is 16.3. The second-order valence-corrected chi connectivity index (χ2v) is 7.12. The zero-order valence-corrected chi connectivity index (χ0v) is 12.8. The molecule has 0 amide bonds. The van der Waals surface area contributed by atoms with Gasteiger partial charge in [0.05, 0.1) is 0 Å². The Labute approximate surface area is 123 Å². The quantitative estimate of drug-likeness (QED) is 0.728. The van der Waals surface area contributed by atoms with Crippen LogP contribution in [0.25, 0.3) is 0 Å². The molecule has 2 aliphatic rings. The molecule has 2 aliphatic carbocycles. The van der Waals surface area contributed by atoms with E-state index in [4.69, 9.17) is 0 Å². The third-order valence-electron chi connectivity index (χ3n) is 5.50. The molecule has 0 bridgehead atoms. The fraction of sp³-hybridized carbons (Fsp3) is 0.684. The zero-order valence-electron chi connectivity index (χ0n) is 12.8. The summed E-state index contributed by atoms with van der Waals surface area (Å²) in [5.41, 5.74) is 2.72. The van der Waals surface area contributed by atoms with Crippen molar-refractivity contribution >= 4 is 0 Å². The van der Waals surface area contributed by atoms with Crippen molar-refractivity contribution in [3.63, 3.8) is 0 Å². The molecule has 0 saturated heterocycles. The Morgan fingerprint density at radius 2 is 1.65 bits per heavy atom. The van der Waals surface area contributed by atoms with Gasteiger partial charge in [-0.25, -0.2) is 0 Å². The second-order valence-electron chi connectivity index (χ2n) is 7.12. The first-order valence-corrected chi connectivity index (χ1v) is 8.57. The minimum atomic E-state index is 0.532. The lowest BCUT2D eigenvalue weighted by Gasteiger charge is -2.29. The number of hydrogen-bond donors (Lipinski definition) is 1. The van der Waals surface area contributed by atoms with E-state index in [1.54, 1.807) is 0 Å². The van der Waals surface area contributed by atoms with E-state index in [0.29, 0.717) is 11.7 Å². The van der Waals surface area contributed by atoms with Gasteiger partial charge >= 0.3 is 0 Å². The molecule has 1 aromatic carbocycles. The first-order valence-electron chi connectivity index (χ1n) is 8.57. The van der Waals surface area contributed by atoms with Crippen LogP contribution in [0.1, 0.15) is 87.7 Å². The van der Waals surface area contributed by atoms with Crippen LogP contribution in [0.15, 0.2) is 18.2 Å². The van der Waals surface area contributed by atoms with Crippen molar-refractivity contribution < 1.29 is 5.11 Å². The molecule has 2 saturated carbocycles. The molecule has 0 spiro atoms. The fourth-order valence-electron chi connectivity index (χ4n) is 4.30. The molecule has 20 heavy (non-hydrogen) atoms. The van der Waals surface area contributed by atoms with E-state index in [9.17, 15) is 5.11 Å². The molecule has 1 N–H and O–H groups in total. The largest absolute Gasteiger partial charge is 0.508 e. The summed E-state index contributed by atoms with van der Waals surface area (Å²) in [6.45, 7) is 2.38. The normalized spacial score (nSPS) is 28.4. The third-order valence-corrected chi connectivity index (χ3v) is 5.50. The molecule has 0 aliphatic heterocycles. The molecule has 0 radical (unpaired) electrons. The summed E-state index contributed by atoms with van der Waals surface area (Å²) in [6, 6.07) is 6.47. The van der Waals surface area contributed by atoms with Crippen molar-refractivity contribution in [2.24, 2.45) is 5.92 Å². The summed E-state index contributed by atoms with van der Waals surface area (Å²) in [5.74, 6) is 2.72. The van der Waals surface area contributed by atoms with Crippen molar-refractivity contribution in [2.75, 3.05) is 0 Å². The Morgan fingerprint density at radius 1 is 0.900 bits per heavy atom. The maximum absolute atomic E-state index is 10.2. The average Bonchev–Trinajstić information content (AvgIpc) is 2.48. The SMILES string of the molecule is CC1CCCC(c2ccc(O)c(C3CCCCC3)c2)C1. The van der Waals surface area contributed by atoms with Crippen molar-refractivity contribution in [2.45, 2.75) is 76.5 Å². The van der Waals surface area contributed by atoms with Gasteiger partial charge in [0.25, 0.3) is 0 Å². The summed E-state index contributed by atoms with van der Waals surface area (Å²) >= 11 is 0. The molecule has 2 atom stereocenters. The fourth-order valence-corrected chi connectivity index (χ4v) is 4.30. The topological polar surface area (TPSA) is 20.2 Å². The van der Waals surface area contributed by atoms with Crippen LogP contribution in [-0.2, 0) is 0 Å². The van der Waals surface area contributed by atoms with Crippen LogP contribution in [0.5, 0.6) is 5.75 Å². The summed E-state index contributed by atoms with van der Waals surface area (Å²) in [7, 11) is 0. The Hall–Kier alpha value is -0.980. The lowest BCUT2D eigenvalue weighted by atomic mass is 9.77. The van der Waals surface area contributed by atoms with Crippen molar-refractivity contribution in [1.82, 2.24) is 0 Å². The van der Waals surface area contributed by atoms with Crippen molar-refractivity contribution in [1.29, 1.82) is 0 Å². The first-order chi connectivity index (χ1) is 9.74. The van der Waals surface area contributed by atoms with Crippen LogP contribution >= 0.6 is 0 Å². The molecule has 1 heteroatoms. The number of phenols is 1. The Morgan fingerprint density at radius 3 is 2.40 bits per heavy atom. The Balaban J connectivity index is 1.81. The van der Waals surface area contributed by atoms with E-state index in [0.717, 1.165) is 11.8 Å². The lowest BCUT2D eigenvalue weighted by molar-refractivity contribution is 0.343. The van der Waals surface area contributed by atoms with Crippen LogP contribution in [0.4, 0.5) is 0 Å². The summed E-state index contributed by atoms with van der Waals surface area (Å²) in [4.78, 5) is 0. The van der Waals surface area contributed by atoms with E-state index in [1.165, 1.54) is 68.9 Å². The first kappa shape index (κ1) is 14.0. The van der Waals surface area contributed by atoms with Crippen molar-refractivity contribution in [3.8, 4) is 5.75 Å². The van der Waals surface area contributed by atoms with Gasteiger partial charge in [-0.3, -0.25) is 0 Å². The maximum Gasteiger partial charge on any atom is 0.119 e. The molecule has 1 nitrogen and oxygen atoms in total. The standard InChI is InChI=1S/C19H28O/c1-14-6-5-9-16(12-14)17-10-11-19(20)18(13-17)15-7-3-2-4-8-15/h10-11,13-16,20H,2-9,12H2,1H3. The van der Waals surface area contributed by atoms with E-state index in [1.807, 2.05) is 6.07 Å². The molecule has 2 unspecified atom stereocenters. The summed E-state index contributed by atoms with van der Waals surface area (Å²) in [6.07, 6.45) is 12.0. The van der Waals surface area contributed by atoms with Crippen LogP contribution in [0.2, 0.25) is 0 Å². The highest BCUT2D eigenvalue weighted by molar-refractivity contribution is 5.40. The van der Waals surface area contributed by atoms with Crippen LogP contribution in [0.3, 0.4) is 0 Å².